The monoisotopic (exact) mass is 544 g/mol. The quantitative estimate of drug-likeness (QED) is 0.172. The summed E-state index contributed by atoms with van der Waals surface area (Å²) in [5.41, 5.74) is 8.43. The number of benzene rings is 2. The fraction of sp³-hybridized carbons (Fsp3) is 0.136. The number of thiophene rings is 1. The van der Waals surface area contributed by atoms with Crippen LogP contribution in [0.3, 0.4) is 0 Å². The molecule has 0 spiro atoms. The predicted octanol–water partition coefficient (Wildman–Crippen LogP) is 5.01. The number of carboxylic acids is 1. The molecule has 2 aromatic carbocycles. The smallest absolute Gasteiger partial charge is 0.475 e. The van der Waals surface area contributed by atoms with Crippen LogP contribution in [0.4, 0.5) is 13.2 Å². The Hall–Kier alpha value is -3.16. The van der Waals surface area contributed by atoms with Crippen molar-refractivity contribution in [3.63, 3.8) is 0 Å². The summed E-state index contributed by atoms with van der Waals surface area (Å²) < 4.78 is 58.9. The van der Waals surface area contributed by atoms with Crippen molar-refractivity contribution in [3.8, 4) is 11.1 Å². The fourth-order valence-electron chi connectivity index (χ4n) is 2.87. The number of sulfone groups is 1. The summed E-state index contributed by atoms with van der Waals surface area (Å²) in [6.45, 7) is 1.84. The largest absolute Gasteiger partial charge is 0.490 e. The van der Waals surface area contributed by atoms with Gasteiger partial charge in [0.15, 0.2) is 0 Å². The maximum Gasteiger partial charge on any atom is 0.490 e. The van der Waals surface area contributed by atoms with E-state index in [1.807, 2.05) is 19.1 Å². The number of alkyl halides is 3. The van der Waals surface area contributed by atoms with Gasteiger partial charge in [0.1, 0.15) is 12.1 Å². The van der Waals surface area contributed by atoms with Gasteiger partial charge in [0.25, 0.3) is 0 Å². The van der Waals surface area contributed by atoms with Gasteiger partial charge in [0, 0.05) is 5.56 Å². The molecule has 0 unspecified atom stereocenters. The molecule has 0 saturated heterocycles. The molecule has 0 amide bonds. The van der Waals surface area contributed by atoms with Gasteiger partial charge in [-0.2, -0.15) is 13.2 Å². The predicted molar refractivity (Wildman–Crippen MR) is 128 cm³/mol. The number of nitrogens with two attached hydrogens (primary N) is 1. The summed E-state index contributed by atoms with van der Waals surface area (Å²) >= 11 is 2.50. The Morgan fingerprint density at radius 2 is 1.77 bits per heavy atom. The van der Waals surface area contributed by atoms with Crippen LogP contribution < -0.4 is 5.73 Å². The molecular formula is C22H19F3N2O5S3. The lowest BCUT2D eigenvalue weighted by molar-refractivity contribution is -0.192. The second kappa shape index (κ2) is 11.1. The molecule has 186 valence electrons. The maximum atomic E-state index is 13.3. The SMILES string of the molecule is CSc1sc(C(=N)N)cc1S(=O)(=O)c1cccc(-c2cccc(C=O)c2C)c1.O=C(O)C(F)(F)F. The van der Waals surface area contributed by atoms with Crippen LogP contribution in [0, 0.1) is 12.3 Å². The molecule has 7 nitrogen and oxygen atoms in total. The average molecular weight is 545 g/mol. The van der Waals surface area contributed by atoms with Crippen LogP contribution in [0.15, 0.2) is 62.5 Å². The van der Waals surface area contributed by atoms with E-state index >= 15 is 0 Å². The van der Waals surface area contributed by atoms with E-state index in [4.69, 9.17) is 21.0 Å². The van der Waals surface area contributed by atoms with Crippen LogP contribution in [-0.4, -0.2) is 44.0 Å². The Morgan fingerprint density at radius 1 is 1.17 bits per heavy atom. The number of aliphatic carboxylic acids is 1. The summed E-state index contributed by atoms with van der Waals surface area (Å²) in [6.07, 6.45) is -2.50. The number of hydrogen-bond acceptors (Lipinski definition) is 7. The van der Waals surface area contributed by atoms with Gasteiger partial charge >= 0.3 is 12.1 Å². The third kappa shape index (κ3) is 6.50. The zero-order valence-electron chi connectivity index (χ0n) is 18.2. The van der Waals surface area contributed by atoms with E-state index in [0.717, 1.165) is 23.0 Å². The van der Waals surface area contributed by atoms with Gasteiger partial charge in [-0.05, 0) is 48.1 Å². The molecular weight excluding hydrogens is 525 g/mol. The first-order chi connectivity index (χ1) is 16.2. The first kappa shape index (κ1) is 28.1. The van der Waals surface area contributed by atoms with Crippen molar-refractivity contribution >= 4 is 51.0 Å². The van der Waals surface area contributed by atoms with Crippen LogP contribution in [0.2, 0.25) is 0 Å². The number of nitrogens with one attached hydrogen (secondary N) is 1. The Morgan fingerprint density at radius 3 is 2.29 bits per heavy atom. The van der Waals surface area contributed by atoms with Crippen LogP contribution >= 0.6 is 23.1 Å². The Bertz CT molecular complexity index is 1380. The van der Waals surface area contributed by atoms with Gasteiger partial charge in [0.05, 0.1) is 18.9 Å². The molecule has 4 N–H and O–H groups in total. The van der Waals surface area contributed by atoms with Gasteiger partial charge in [-0.3, -0.25) is 10.2 Å². The number of hydrogen-bond donors (Lipinski definition) is 3. The van der Waals surface area contributed by atoms with Crippen LogP contribution in [0.5, 0.6) is 0 Å². The molecule has 1 heterocycles. The standard InChI is InChI=1S/C20H18N2O3S3.C2HF3O2/c1-12-14(11-23)6-4-8-16(12)13-5-3-7-15(9-13)28(24,25)18-10-17(19(21)22)27-20(18)26-2;3-2(4,5)1(6)7/h3-11H,1-2H3,(H3,21,22);(H,6,7). The highest BCUT2D eigenvalue weighted by atomic mass is 32.2. The number of carbonyl (C=O) groups excluding carboxylic acids is 1. The highest BCUT2D eigenvalue weighted by Gasteiger charge is 2.38. The van der Waals surface area contributed by atoms with E-state index in [2.05, 4.69) is 0 Å². The zero-order valence-corrected chi connectivity index (χ0v) is 20.7. The molecule has 35 heavy (non-hydrogen) atoms. The molecule has 0 aliphatic rings. The van der Waals surface area contributed by atoms with Crippen LogP contribution in [0.25, 0.3) is 11.1 Å². The van der Waals surface area contributed by atoms with E-state index in [9.17, 15) is 26.4 Å². The van der Waals surface area contributed by atoms with Crippen LogP contribution in [-0.2, 0) is 14.6 Å². The lowest BCUT2D eigenvalue weighted by Crippen LogP contribution is -2.21. The first-order valence-electron chi connectivity index (χ1n) is 9.46. The molecule has 0 bridgehead atoms. The van der Waals surface area contributed by atoms with Gasteiger partial charge < -0.3 is 10.8 Å². The molecule has 1 aromatic heterocycles. The second-order valence-corrected chi connectivity index (χ2v) is 10.9. The van der Waals surface area contributed by atoms with Gasteiger partial charge in [-0.1, -0.05) is 30.3 Å². The van der Waals surface area contributed by atoms with Crippen molar-refractivity contribution in [1.29, 1.82) is 5.41 Å². The molecule has 0 saturated carbocycles. The van der Waals surface area contributed by atoms with Crippen LogP contribution in [0.1, 0.15) is 20.8 Å². The zero-order chi connectivity index (χ0) is 26.6. The second-order valence-electron chi connectivity index (χ2n) is 6.85. The number of halogens is 3. The van der Waals surface area contributed by atoms with Crippen molar-refractivity contribution < 1.29 is 36.3 Å². The normalized spacial score (nSPS) is 11.3. The number of carboxylic acid groups (broad SMARTS) is 1. The van der Waals surface area contributed by atoms with E-state index in [-0.39, 0.29) is 15.6 Å². The molecule has 3 rings (SSSR count). The van der Waals surface area contributed by atoms with Crippen molar-refractivity contribution in [2.24, 2.45) is 5.73 Å². The Labute approximate surface area is 207 Å². The fourth-order valence-corrected chi connectivity index (χ4v) is 6.77. The van der Waals surface area contributed by atoms with E-state index in [0.29, 0.717) is 14.6 Å². The molecule has 0 radical (unpaired) electrons. The van der Waals surface area contributed by atoms with E-state index < -0.39 is 22.0 Å². The van der Waals surface area contributed by atoms with Gasteiger partial charge in [0.2, 0.25) is 9.84 Å². The Balaban J connectivity index is 0.000000540. The van der Waals surface area contributed by atoms with E-state index in [1.54, 1.807) is 36.6 Å². The summed E-state index contributed by atoms with van der Waals surface area (Å²) in [4.78, 5) is 20.9. The number of carbonyl (C=O) groups is 2. The van der Waals surface area contributed by atoms with Crippen molar-refractivity contribution in [2.45, 2.75) is 27.1 Å². The van der Waals surface area contributed by atoms with Gasteiger partial charge in [-0.25, -0.2) is 13.2 Å². The highest BCUT2D eigenvalue weighted by Crippen LogP contribution is 2.38. The van der Waals surface area contributed by atoms with Crippen molar-refractivity contribution in [1.82, 2.24) is 0 Å². The molecule has 0 aliphatic heterocycles. The topological polar surface area (TPSA) is 138 Å². The number of thioether (sulfide) groups is 1. The van der Waals surface area contributed by atoms with Gasteiger partial charge in [-0.15, -0.1) is 23.1 Å². The lowest BCUT2D eigenvalue weighted by Gasteiger charge is -2.10. The summed E-state index contributed by atoms with van der Waals surface area (Å²) in [6, 6.07) is 13.5. The number of nitrogen functional groups attached to an aromatic ring is 1. The van der Waals surface area contributed by atoms with Crippen molar-refractivity contribution in [3.05, 3.63) is 64.5 Å². The average Bonchev–Trinajstić information content (AvgIpc) is 3.25. The third-order valence-electron chi connectivity index (χ3n) is 4.61. The molecule has 13 heteroatoms. The minimum Gasteiger partial charge on any atom is -0.475 e. The third-order valence-corrected chi connectivity index (χ3v) is 8.94. The number of amidine groups is 1. The minimum absolute atomic E-state index is 0.156. The van der Waals surface area contributed by atoms with Crippen molar-refractivity contribution in [2.75, 3.05) is 6.26 Å². The number of aldehydes is 1. The number of rotatable bonds is 6. The maximum absolute atomic E-state index is 13.3. The van der Waals surface area contributed by atoms with E-state index in [1.165, 1.54) is 29.2 Å². The molecule has 0 fully saturated rings. The molecule has 3 aromatic rings. The summed E-state index contributed by atoms with van der Waals surface area (Å²) in [7, 11) is -3.79. The summed E-state index contributed by atoms with van der Waals surface area (Å²) in [5.74, 6) is -2.91. The highest BCUT2D eigenvalue weighted by molar-refractivity contribution is 8.01. The lowest BCUT2D eigenvalue weighted by atomic mass is 9.97. The Kier molecular flexibility index (Phi) is 8.87. The molecule has 0 aliphatic carbocycles. The first-order valence-corrected chi connectivity index (χ1v) is 13.0. The molecule has 0 atom stereocenters. The summed E-state index contributed by atoms with van der Waals surface area (Å²) in [5, 5.41) is 14.7. The minimum atomic E-state index is -5.08.